The lowest BCUT2D eigenvalue weighted by atomic mass is 9.34. The Hall–Kier alpha value is -8.36. The fourth-order valence-corrected chi connectivity index (χ4v) is 12.0. The van der Waals surface area contributed by atoms with E-state index in [9.17, 15) is 0 Å². The molecule has 8 heteroatoms. The Morgan fingerprint density at radius 1 is 0.451 bits per heavy atom. The van der Waals surface area contributed by atoms with Gasteiger partial charge in [-0.3, -0.25) is 13.7 Å². The molecule has 13 rings (SSSR count). The zero-order valence-electron chi connectivity index (χ0n) is 50.3. The summed E-state index contributed by atoms with van der Waals surface area (Å²) in [4.78, 5) is 5.06. The van der Waals surface area contributed by atoms with Gasteiger partial charge in [0.15, 0.2) is 0 Å². The first kappa shape index (κ1) is 53.0. The molecular weight excluding hydrogens is 1000 g/mol. The average molecular weight is 1080 g/mol. The van der Waals surface area contributed by atoms with E-state index in [0.717, 1.165) is 106 Å². The lowest BCUT2D eigenvalue weighted by Crippen LogP contribution is -2.57. The molecule has 0 radical (unpaired) electrons. The summed E-state index contributed by atoms with van der Waals surface area (Å²) in [6.07, 6.45) is 5.70. The molecule has 3 aromatic heterocycles. The normalized spacial score (nSPS) is 13.5. The highest BCUT2D eigenvalue weighted by molar-refractivity contribution is 6.98. The summed E-state index contributed by atoms with van der Waals surface area (Å²) in [5, 5.41) is 2.18. The fourth-order valence-electron chi connectivity index (χ4n) is 12.0. The van der Waals surface area contributed by atoms with Crippen LogP contribution in [0.5, 0.6) is 34.5 Å². The van der Waals surface area contributed by atoms with Gasteiger partial charge in [0.25, 0.3) is 13.0 Å². The van der Waals surface area contributed by atoms with E-state index < -0.39 is 0 Å². The van der Waals surface area contributed by atoms with Crippen LogP contribution in [-0.2, 0) is 27.1 Å². The van der Waals surface area contributed by atoms with Crippen molar-refractivity contribution in [3.05, 3.63) is 204 Å². The first-order valence-corrected chi connectivity index (χ1v) is 29.0. The van der Waals surface area contributed by atoms with E-state index in [1.807, 2.05) is 12.3 Å². The molecule has 0 N–H and O–H groups in total. The predicted octanol–water partition coefficient (Wildman–Crippen LogP) is 16.9. The quantitative estimate of drug-likeness (QED) is 0.0946. The molecule has 0 fully saturated rings. The Morgan fingerprint density at radius 2 is 1.05 bits per heavy atom. The lowest BCUT2D eigenvalue weighted by molar-refractivity contribution is -0.572. The predicted molar refractivity (Wildman–Crippen MR) is 339 cm³/mol. The minimum absolute atomic E-state index is 0.0289. The summed E-state index contributed by atoms with van der Waals surface area (Å²) in [6, 6.07) is 59.4. The first-order chi connectivity index (χ1) is 38.7. The molecule has 8 aromatic carbocycles. The topological polar surface area (TPSA) is 54.3 Å². The number of benzene rings is 8. The Bertz CT molecular complexity index is 4290. The zero-order chi connectivity index (χ0) is 57.6. The summed E-state index contributed by atoms with van der Waals surface area (Å²) < 4.78 is 27.6. The van der Waals surface area contributed by atoms with Gasteiger partial charge in [-0.2, -0.15) is 0 Å². The standard InChI is InChI=1S/C74H73BN4O3/c1-70(2,3)47-24-28-58-64(39-47)81-66-34-46(35-67-69(66)75(58)59-29-25-48(71(4,5)6)40-65(59)82-67)45-23-30-60-57(33-45)56-27-26-55(43-63(56)79(60)68-41-49(31-32-76-68)72(7,8)9)80-54-20-18-19-52(42-54)77-44-78(62-22-17-16-21-61(62)77)53-37-50(73(10,11)12)36-51(38-53)74(13,14)15/h16-43H,1-15H3. The molecule has 0 bridgehead atoms. The van der Waals surface area contributed by atoms with Gasteiger partial charge in [0.1, 0.15) is 40.3 Å². The summed E-state index contributed by atoms with van der Waals surface area (Å²) in [6.45, 7) is 33.9. The van der Waals surface area contributed by atoms with Crippen LogP contribution in [0.2, 0.25) is 0 Å². The highest BCUT2D eigenvalue weighted by Gasteiger charge is 2.41. The van der Waals surface area contributed by atoms with Gasteiger partial charge < -0.3 is 14.2 Å². The number of aromatic nitrogens is 4. The molecular formula is C74H73BN4O3. The number of ether oxygens (including phenoxy) is 3. The van der Waals surface area contributed by atoms with Crippen molar-refractivity contribution in [2.24, 2.45) is 0 Å². The van der Waals surface area contributed by atoms with E-state index in [1.165, 1.54) is 27.8 Å². The third-order valence-electron chi connectivity index (χ3n) is 16.9. The smallest absolute Gasteiger partial charge is 0.269 e. The molecule has 82 heavy (non-hydrogen) atoms. The Balaban J connectivity index is 0.916. The first-order valence-electron chi connectivity index (χ1n) is 29.0. The number of pyridine rings is 1. The van der Waals surface area contributed by atoms with Crippen molar-refractivity contribution in [1.29, 1.82) is 0 Å². The average Bonchev–Trinajstić information content (AvgIpc) is 1.77. The highest BCUT2D eigenvalue weighted by atomic mass is 16.5. The summed E-state index contributed by atoms with van der Waals surface area (Å²) in [5.74, 6) is 5.71. The van der Waals surface area contributed by atoms with Gasteiger partial charge >= 0.3 is 0 Å². The molecule has 0 aliphatic carbocycles. The third-order valence-corrected chi connectivity index (χ3v) is 16.9. The van der Waals surface area contributed by atoms with Crippen molar-refractivity contribution in [2.45, 2.75) is 131 Å². The van der Waals surface area contributed by atoms with E-state index in [0.29, 0.717) is 5.75 Å². The Kier molecular flexibility index (Phi) is 12.0. The summed E-state index contributed by atoms with van der Waals surface area (Å²) in [5.41, 5.74) is 17.7. The molecule has 0 saturated heterocycles. The molecule has 0 spiro atoms. The van der Waals surface area contributed by atoms with Crippen LogP contribution in [-0.4, -0.2) is 20.8 Å². The monoisotopic (exact) mass is 1080 g/mol. The SMILES string of the molecule is CC(C)(C)c1cc(-[n+]2[c-]n(-c3cccc(Oc4ccc5c6cc(-c7cc8c9c(c7)Oc7cc(C(C)(C)C)ccc7B9c7ccc(C(C)(C)C)cc7O8)ccc6n(-c6cc(C(C)(C)C)ccn6)c5c4)c3)c3ccccc32)cc(C(C)(C)C)c1. The van der Waals surface area contributed by atoms with E-state index in [2.05, 4.69) is 282 Å². The number of imidazole rings is 1. The van der Waals surface area contributed by atoms with Gasteiger partial charge in [-0.25, -0.2) is 4.98 Å². The number of hydrogen-bond acceptors (Lipinski definition) is 4. The fraction of sp³-hybridized carbons (Fsp3) is 0.270. The molecule has 2 aliphatic rings. The van der Waals surface area contributed by atoms with E-state index in [4.69, 9.17) is 19.2 Å². The molecule has 0 amide bonds. The van der Waals surface area contributed by atoms with Crippen LogP contribution >= 0.6 is 0 Å². The van der Waals surface area contributed by atoms with Gasteiger partial charge in [-0.05, 0) is 168 Å². The van der Waals surface area contributed by atoms with Crippen molar-refractivity contribution < 1.29 is 18.8 Å². The van der Waals surface area contributed by atoms with Crippen LogP contribution < -0.4 is 35.2 Å². The van der Waals surface area contributed by atoms with Crippen molar-refractivity contribution in [1.82, 2.24) is 14.1 Å². The molecule has 5 heterocycles. The van der Waals surface area contributed by atoms with Crippen molar-refractivity contribution in [2.75, 3.05) is 0 Å². The molecule has 410 valence electrons. The summed E-state index contributed by atoms with van der Waals surface area (Å²) in [7, 11) is 0. The molecule has 2 aliphatic heterocycles. The van der Waals surface area contributed by atoms with Crippen molar-refractivity contribution >= 4 is 55.9 Å². The number of rotatable bonds is 6. The lowest BCUT2D eigenvalue weighted by Gasteiger charge is -2.35. The van der Waals surface area contributed by atoms with Crippen LogP contribution in [0, 0.1) is 6.33 Å². The van der Waals surface area contributed by atoms with E-state index >= 15 is 0 Å². The molecule has 0 unspecified atom stereocenters. The maximum absolute atomic E-state index is 7.02. The maximum atomic E-state index is 7.02. The van der Waals surface area contributed by atoms with Crippen LogP contribution in [0.1, 0.15) is 132 Å². The van der Waals surface area contributed by atoms with Crippen molar-refractivity contribution in [3.63, 3.8) is 0 Å². The number of nitrogens with zero attached hydrogens (tertiary/aromatic N) is 4. The van der Waals surface area contributed by atoms with Gasteiger partial charge in [0.2, 0.25) is 0 Å². The van der Waals surface area contributed by atoms with E-state index in [1.54, 1.807) is 0 Å². The molecule has 11 aromatic rings. The Labute approximate surface area is 484 Å². The minimum atomic E-state index is -0.0873. The van der Waals surface area contributed by atoms with Gasteiger partial charge in [0.05, 0.1) is 33.4 Å². The second-order valence-corrected chi connectivity index (χ2v) is 28.1. The third kappa shape index (κ3) is 9.25. The zero-order valence-corrected chi connectivity index (χ0v) is 50.3. The van der Waals surface area contributed by atoms with Crippen LogP contribution in [0.25, 0.3) is 61.2 Å². The van der Waals surface area contributed by atoms with Crippen LogP contribution in [0.4, 0.5) is 0 Å². The van der Waals surface area contributed by atoms with Crippen molar-refractivity contribution in [3.8, 4) is 62.8 Å². The minimum Gasteiger partial charge on any atom is -0.458 e. The molecule has 0 saturated carbocycles. The largest absolute Gasteiger partial charge is 0.458 e. The number of fused-ring (bicyclic) bond motifs is 8. The number of hydrogen-bond donors (Lipinski definition) is 0. The Morgan fingerprint density at radius 3 is 1.67 bits per heavy atom. The molecule has 7 nitrogen and oxygen atoms in total. The number of para-hydroxylation sites is 2. The van der Waals surface area contributed by atoms with Gasteiger partial charge in [-0.15, -0.1) is 0 Å². The maximum Gasteiger partial charge on any atom is 0.269 e. The highest BCUT2D eigenvalue weighted by Crippen LogP contribution is 2.43. The van der Waals surface area contributed by atoms with Gasteiger partial charge in [0, 0.05) is 28.5 Å². The second kappa shape index (κ2) is 18.6. The van der Waals surface area contributed by atoms with Crippen LogP contribution in [0.3, 0.4) is 0 Å². The molecule has 0 atom stereocenters. The summed E-state index contributed by atoms with van der Waals surface area (Å²) >= 11 is 0. The van der Waals surface area contributed by atoms with E-state index in [-0.39, 0.29) is 33.8 Å². The second-order valence-electron chi connectivity index (χ2n) is 28.1. The van der Waals surface area contributed by atoms with Crippen LogP contribution in [0.15, 0.2) is 170 Å². The van der Waals surface area contributed by atoms with Gasteiger partial charge in [-0.1, -0.05) is 171 Å².